The molecule has 4 heterocycles. The number of hydrogen-bond acceptors (Lipinski definition) is 6. The average molecular weight is 565 g/mol. The normalized spacial score (nSPS) is 24.2. The first-order chi connectivity index (χ1) is 19.5. The van der Waals surface area contributed by atoms with E-state index in [1.807, 2.05) is 39.0 Å². The number of ether oxygens (including phenoxy) is 1. The molecule has 0 radical (unpaired) electrons. The number of carbonyl (C=O) groups excluding carboxylic acids is 2. The van der Waals surface area contributed by atoms with Crippen molar-refractivity contribution in [2.24, 2.45) is 5.92 Å². The van der Waals surface area contributed by atoms with Crippen molar-refractivity contribution in [1.82, 2.24) is 29.9 Å². The zero-order valence-corrected chi connectivity index (χ0v) is 25.7. The summed E-state index contributed by atoms with van der Waals surface area (Å²) >= 11 is 0. The van der Waals surface area contributed by atoms with Crippen molar-refractivity contribution in [1.29, 1.82) is 0 Å². The molecule has 224 valence electrons. The van der Waals surface area contributed by atoms with E-state index in [0.717, 1.165) is 36.6 Å². The zero-order valence-electron chi connectivity index (χ0n) is 25.7. The topological polar surface area (TPSA) is 92.6 Å². The minimum Gasteiger partial charge on any atom is -0.444 e. The summed E-state index contributed by atoms with van der Waals surface area (Å²) in [5.74, 6) is 2.44. The maximum atomic E-state index is 13.5. The lowest BCUT2D eigenvalue weighted by molar-refractivity contribution is -0.127. The van der Waals surface area contributed by atoms with Crippen LogP contribution in [-0.4, -0.2) is 73.9 Å². The third-order valence-electron chi connectivity index (χ3n) is 9.10. The van der Waals surface area contributed by atoms with Gasteiger partial charge in [-0.1, -0.05) is 44.2 Å². The van der Waals surface area contributed by atoms with Gasteiger partial charge in [0.05, 0.1) is 12.1 Å². The number of piperidine rings is 1. The van der Waals surface area contributed by atoms with Crippen molar-refractivity contribution in [3.8, 4) is 0 Å². The van der Waals surface area contributed by atoms with Crippen LogP contribution in [0.15, 0.2) is 30.3 Å². The van der Waals surface area contributed by atoms with E-state index in [2.05, 4.69) is 57.9 Å². The summed E-state index contributed by atoms with van der Waals surface area (Å²) in [6, 6.07) is 11.8. The first-order valence-corrected chi connectivity index (χ1v) is 15.5. The van der Waals surface area contributed by atoms with Crippen LogP contribution in [0.5, 0.6) is 0 Å². The molecule has 0 aliphatic carbocycles. The molecule has 41 heavy (non-hydrogen) atoms. The van der Waals surface area contributed by atoms with Gasteiger partial charge >= 0.3 is 6.09 Å². The van der Waals surface area contributed by atoms with Gasteiger partial charge in [-0.2, -0.15) is 0 Å². The summed E-state index contributed by atoms with van der Waals surface area (Å²) in [5.41, 5.74) is 0.626. The molecule has 0 saturated carbocycles. The number of nitrogens with zero attached hydrogens (tertiary/aromatic N) is 5. The van der Waals surface area contributed by atoms with Gasteiger partial charge in [0, 0.05) is 43.6 Å². The zero-order chi connectivity index (χ0) is 29.3. The molecule has 0 spiro atoms. The van der Waals surface area contributed by atoms with Crippen LogP contribution in [0, 0.1) is 12.8 Å². The number of rotatable bonds is 8. The molecule has 3 aliphatic rings. The van der Waals surface area contributed by atoms with E-state index in [9.17, 15) is 9.59 Å². The van der Waals surface area contributed by atoms with Crippen molar-refractivity contribution in [2.75, 3.05) is 19.6 Å². The highest BCUT2D eigenvalue weighted by atomic mass is 16.6. The summed E-state index contributed by atoms with van der Waals surface area (Å²) in [5, 5.41) is 12.3. The van der Waals surface area contributed by atoms with Crippen LogP contribution < -0.4 is 5.32 Å². The Hall–Kier alpha value is -2.94. The SMILES string of the molecule is Cc1nnc(C(C)C)n1C1CC2CCC1N2CC[C@H](NC(=O)C1CCN(C(=O)OC(C)(C)C)CC1)c1ccccc1. The number of aromatic nitrogens is 3. The molecule has 5 rings (SSSR count). The van der Waals surface area contributed by atoms with Crippen LogP contribution in [0.3, 0.4) is 0 Å². The predicted octanol–water partition coefficient (Wildman–Crippen LogP) is 5.38. The molecule has 1 aromatic carbocycles. The number of aryl methyl sites for hydroxylation is 1. The summed E-state index contributed by atoms with van der Waals surface area (Å²) < 4.78 is 7.93. The average Bonchev–Trinajstić information content (AvgIpc) is 3.62. The van der Waals surface area contributed by atoms with Crippen LogP contribution in [-0.2, 0) is 9.53 Å². The number of amides is 2. The van der Waals surface area contributed by atoms with Crippen molar-refractivity contribution >= 4 is 12.0 Å². The molecule has 9 nitrogen and oxygen atoms in total. The maximum Gasteiger partial charge on any atom is 0.410 e. The standard InChI is InChI=1S/C32H48N6O3/c1-21(2)29-35-34-22(3)38(29)28-20-25-12-13-27(28)37(25)19-16-26(23-10-8-7-9-11-23)33-30(39)24-14-17-36(18-15-24)31(40)41-32(4,5)6/h7-11,21,24-28H,12-20H2,1-6H3,(H,33,39)/t25?,26-,27?,28?/m0/s1. The summed E-state index contributed by atoms with van der Waals surface area (Å²) in [7, 11) is 0. The lowest BCUT2D eigenvalue weighted by atomic mass is 9.94. The van der Waals surface area contributed by atoms with E-state index in [1.54, 1.807) is 4.90 Å². The van der Waals surface area contributed by atoms with Crippen molar-refractivity contribution < 1.29 is 14.3 Å². The number of likely N-dealkylation sites (tertiary alicyclic amines) is 1. The van der Waals surface area contributed by atoms with E-state index in [-0.39, 0.29) is 24.0 Å². The van der Waals surface area contributed by atoms with Gasteiger partial charge in [0.15, 0.2) is 0 Å². The van der Waals surface area contributed by atoms with Gasteiger partial charge in [-0.3, -0.25) is 9.69 Å². The van der Waals surface area contributed by atoms with Crippen molar-refractivity contribution in [3.63, 3.8) is 0 Å². The molecule has 3 fully saturated rings. The third-order valence-corrected chi connectivity index (χ3v) is 9.10. The summed E-state index contributed by atoms with van der Waals surface area (Å²) in [6.45, 7) is 14.1. The first kappa shape index (κ1) is 29.5. The first-order valence-electron chi connectivity index (χ1n) is 15.5. The summed E-state index contributed by atoms with van der Waals surface area (Å²) in [4.78, 5) is 30.4. The van der Waals surface area contributed by atoms with Crippen molar-refractivity contribution in [3.05, 3.63) is 47.5 Å². The Morgan fingerprint density at radius 2 is 1.73 bits per heavy atom. The molecule has 1 aromatic heterocycles. The minimum atomic E-state index is -0.520. The maximum absolute atomic E-state index is 13.5. The quantitative estimate of drug-likeness (QED) is 0.463. The van der Waals surface area contributed by atoms with Gasteiger partial charge in [-0.15, -0.1) is 10.2 Å². The highest BCUT2D eigenvalue weighted by Crippen LogP contribution is 2.45. The molecular weight excluding hydrogens is 516 g/mol. The Labute approximate surface area is 245 Å². The monoisotopic (exact) mass is 564 g/mol. The van der Waals surface area contributed by atoms with Crippen LogP contribution in [0.4, 0.5) is 4.79 Å². The van der Waals surface area contributed by atoms with E-state index in [1.165, 1.54) is 12.8 Å². The molecule has 4 atom stereocenters. The van der Waals surface area contributed by atoms with Crippen LogP contribution in [0.2, 0.25) is 0 Å². The fourth-order valence-corrected chi connectivity index (χ4v) is 7.11. The fourth-order valence-electron chi connectivity index (χ4n) is 7.11. The predicted molar refractivity (Wildman–Crippen MR) is 158 cm³/mol. The Kier molecular flexibility index (Phi) is 8.73. The third kappa shape index (κ3) is 6.60. The fraction of sp³-hybridized carbons (Fsp3) is 0.688. The summed E-state index contributed by atoms with van der Waals surface area (Å²) in [6.07, 6.45) is 5.45. The number of hydrogen-bond donors (Lipinski definition) is 1. The molecular formula is C32H48N6O3. The van der Waals surface area contributed by atoms with E-state index in [0.29, 0.717) is 50.0 Å². The second-order valence-electron chi connectivity index (χ2n) is 13.5. The van der Waals surface area contributed by atoms with Crippen LogP contribution in [0.25, 0.3) is 0 Å². The number of carbonyl (C=O) groups is 2. The van der Waals surface area contributed by atoms with Crippen LogP contribution >= 0.6 is 0 Å². The molecule has 3 saturated heterocycles. The van der Waals surface area contributed by atoms with Crippen molar-refractivity contribution in [2.45, 2.75) is 116 Å². The van der Waals surface area contributed by atoms with E-state index in [4.69, 9.17) is 4.74 Å². The molecule has 2 bridgehead atoms. The molecule has 2 aromatic rings. The smallest absolute Gasteiger partial charge is 0.410 e. The molecule has 3 aliphatic heterocycles. The van der Waals surface area contributed by atoms with E-state index >= 15 is 0 Å². The Morgan fingerprint density at radius 3 is 2.39 bits per heavy atom. The van der Waals surface area contributed by atoms with Gasteiger partial charge < -0.3 is 19.5 Å². The number of nitrogens with one attached hydrogen (secondary N) is 1. The lowest BCUT2D eigenvalue weighted by Gasteiger charge is -2.34. The van der Waals surface area contributed by atoms with Gasteiger partial charge in [0.25, 0.3) is 0 Å². The number of benzene rings is 1. The Bertz CT molecular complexity index is 1200. The molecule has 3 unspecified atom stereocenters. The Balaban J connectivity index is 1.22. The molecule has 1 N–H and O–H groups in total. The van der Waals surface area contributed by atoms with Gasteiger partial charge in [-0.05, 0) is 71.8 Å². The van der Waals surface area contributed by atoms with Gasteiger partial charge in [-0.25, -0.2) is 4.79 Å². The van der Waals surface area contributed by atoms with Gasteiger partial charge in [0.1, 0.15) is 17.2 Å². The second-order valence-corrected chi connectivity index (χ2v) is 13.5. The Morgan fingerprint density at radius 1 is 1.02 bits per heavy atom. The van der Waals surface area contributed by atoms with Crippen LogP contribution in [0.1, 0.15) is 108 Å². The highest BCUT2D eigenvalue weighted by molar-refractivity contribution is 5.79. The number of fused-ring (bicyclic) bond motifs is 2. The minimum absolute atomic E-state index is 0.0473. The molecule has 9 heteroatoms. The second kappa shape index (κ2) is 12.1. The largest absolute Gasteiger partial charge is 0.444 e. The van der Waals surface area contributed by atoms with Gasteiger partial charge in [0.2, 0.25) is 5.91 Å². The molecule has 2 amide bonds. The highest BCUT2D eigenvalue weighted by Gasteiger charge is 2.48. The van der Waals surface area contributed by atoms with E-state index < -0.39 is 5.60 Å². The lowest BCUT2D eigenvalue weighted by Crippen LogP contribution is -2.45.